The molecule has 1 radical (unpaired) electrons. The van der Waals surface area contributed by atoms with Gasteiger partial charge in [0.05, 0.1) is 0 Å². The summed E-state index contributed by atoms with van der Waals surface area (Å²) >= 11 is 0. The van der Waals surface area contributed by atoms with E-state index in [9.17, 15) is 0 Å². The van der Waals surface area contributed by atoms with Crippen LogP contribution in [-0.4, -0.2) is 34.8 Å². The third-order valence-corrected chi connectivity index (χ3v) is 13.3. The van der Waals surface area contributed by atoms with Crippen molar-refractivity contribution in [3.63, 3.8) is 0 Å². The van der Waals surface area contributed by atoms with Gasteiger partial charge in [0.15, 0.2) is 0 Å². The van der Waals surface area contributed by atoms with Crippen molar-refractivity contribution in [1.29, 1.82) is 0 Å². The number of unbranched alkanes of at least 4 members (excludes halogenated alkanes) is 1. The fourth-order valence-electron chi connectivity index (χ4n) is 2.65. The Hall–Kier alpha value is 0.419. The SMILES string of the molecule is CCCCO[B]N1[Si](C)(C)CCC[Si]1(C)C. The lowest BCUT2D eigenvalue weighted by atomic mass is 10.3. The monoisotopic (exact) mass is 256 g/mol. The molecule has 0 unspecified atom stereocenters. The number of rotatable bonds is 5. The highest BCUT2D eigenvalue weighted by Gasteiger charge is 2.44. The smallest absolute Gasteiger partial charge is 0.383 e. The molecule has 0 saturated carbocycles. The highest BCUT2D eigenvalue weighted by Crippen LogP contribution is 2.33. The lowest BCUT2D eigenvalue weighted by Gasteiger charge is -2.50. The average molecular weight is 256 g/mol. The summed E-state index contributed by atoms with van der Waals surface area (Å²) in [7, 11) is -0.298. The molecule has 1 aliphatic heterocycles. The van der Waals surface area contributed by atoms with Gasteiger partial charge in [-0.15, -0.1) is 0 Å². The predicted octanol–water partition coefficient (Wildman–Crippen LogP) is 3.45. The average Bonchev–Trinajstić information content (AvgIpc) is 2.14. The number of hydrogen-bond donors (Lipinski definition) is 0. The van der Waals surface area contributed by atoms with Crippen LogP contribution < -0.4 is 0 Å². The highest BCUT2D eigenvalue weighted by molar-refractivity contribution is 6.97. The van der Waals surface area contributed by atoms with Gasteiger partial charge in [-0.3, -0.25) is 0 Å². The first-order valence-corrected chi connectivity index (χ1v) is 13.0. The molecular weight excluding hydrogens is 229 g/mol. The molecule has 0 N–H and O–H groups in total. The van der Waals surface area contributed by atoms with Gasteiger partial charge in [-0.2, -0.15) is 0 Å². The molecule has 5 heteroatoms. The zero-order chi connectivity index (χ0) is 12.2. The van der Waals surface area contributed by atoms with E-state index in [2.05, 4.69) is 44.9 Å². The Labute approximate surface area is 104 Å². The van der Waals surface area contributed by atoms with Gasteiger partial charge in [-0.1, -0.05) is 46.0 Å². The van der Waals surface area contributed by atoms with Gasteiger partial charge in [0, 0.05) is 6.61 Å². The minimum absolute atomic E-state index is 0.891. The summed E-state index contributed by atoms with van der Waals surface area (Å²) < 4.78 is 8.45. The van der Waals surface area contributed by atoms with Crippen LogP contribution >= 0.6 is 0 Å². The van der Waals surface area contributed by atoms with Crippen molar-refractivity contribution in [2.24, 2.45) is 0 Å². The molecule has 0 spiro atoms. The van der Waals surface area contributed by atoms with Gasteiger partial charge in [-0.25, -0.2) is 0 Å². The van der Waals surface area contributed by atoms with E-state index in [0.717, 1.165) is 6.61 Å². The molecule has 1 rings (SSSR count). The Balaban J connectivity index is 2.50. The maximum absolute atomic E-state index is 5.76. The molecule has 0 aromatic carbocycles. The van der Waals surface area contributed by atoms with E-state index < -0.39 is 16.5 Å². The molecule has 93 valence electrons. The van der Waals surface area contributed by atoms with Crippen LogP contribution in [0.2, 0.25) is 38.3 Å². The summed E-state index contributed by atoms with van der Waals surface area (Å²) in [6, 6.07) is 2.86. The number of nitrogens with zero attached hydrogens (tertiary/aromatic N) is 1. The fourth-order valence-corrected chi connectivity index (χ4v) is 13.5. The zero-order valence-corrected chi connectivity index (χ0v) is 13.7. The van der Waals surface area contributed by atoms with Crippen molar-refractivity contribution >= 4 is 24.1 Å². The summed E-state index contributed by atoms with van der Waals surface area (Å²) in [6.07, 6.45) is 3.83. The predicted molar refractivity (Wildman–Crippen MR) is 77.6 cm³/mol. The highest BCUT2D eigenvalue weighted by atomic mass is 28.4. The molecule has 1 heterocycles. The molecular formula is C11H27BNOSi2. The first-order chi connectivity index (χ1) is 7.40. The summed E-state index contributed by atoms with van der Waals surface area (Å²) in [5.74, 6) is 0. The summed E-state index contributed by atoms with van der Waals surface area (Å²) in [5.41, 5.74) is 0. The first kappa shape index (κ1) is 14.5. The largest absolute Gasteiger partial charge is 0.425 e. The zero-order valence-electron chi connectivity index (χ0n) is 11.7. The summed E-state index contributed by atoms with van der Waals surface area (Å²) in [5, 5.41) is 0. The van der Waals surface area contributed by atoms with Gasteiger partial charge in [0.1, 0.15) is 16.5 Å². The third kappa shape index (κ3) is 3.72. The van der Waals surface area contributed by atoms with Crippen LogP contribution in [0.15, 0.2) is 0 Å². The first-order valence-electron chi connectivity index (χ1n) is 6.64. The van der Waals surface area contributed by atoms with Gasteiger partial charge in [0.25, 0.3) is 0 Å². The van der Waals surface area contributed by atoms with Crippen LogP contribution in [0.25, 0.3) is 0 Å². The van der Waals surface area contributed by atoms with E-state index in [4.69, 9.17) is 4.65 Å². The molecule has 16 heavy (non-hydrogen) atoms. The van der Waals surface area contributed by atoms with Gasteiger partial charge < -0.3 is 8.80 Å². The maximum Gasteiger partial charge on any atom is 0.383 e. The maximum atomic E-state index is 5.76. The molecule has 0 bridgehead atoms. The van der Waals surface area contributed by atoms with Gasteiger partial charge >= 0.3 is 7.62 Å². The molecule has 2 nitrogen and oxygen atoms in total. The second-order valence-electron chi connectivity index (χ2n) is 6.18. The van der Waals surface area contributed by atoms with E-state index >= 15 is 0 Å². The molecule has 0 atom stereocenters. The van der Waals surface area contributed by atoms with Crippen LogP contribution in [0.5, 0.6) is 0 Å². The third-order valence-electron chi connectivity index (χ3n) is 3.68. The standard InChI is InChI=1S/C11H27BNOSi2/c1-6-7-9-14-12-13-15(2,3)10-8-11-16(13,4)5/h6-11H2,1-5H3. The van der Waals surface area contributed by atoms with Crippen molar-refractivity contribution in [1.82, 2.24) is 4.14 Å². The lowest BCUT2D eigenvalue weighted by Crippen LogP contribution is -2.66. The topological polar surface area (TPSA) is 12.5 Å². The Morgan fingerprint density at radius 3 is 2.19 bits per heavy atom. The van der Waals surface area contributed by atoms with Crippen LogP contribution in [0.3, 0.4) is 0 Å². The van der Waals surface area contributed by atoms with Crippen LogP contribution in [-0.2, 0) is 4.65 Å². The molecule has 1 fully saturated rings. The van der Waals surface area contributed by atoms with E-state index in [1.165, 1.54) is 31.4 Å². The van der Waals surface area contributed by atoms with E-state index in [1.54, 1.807) is 0 Å². The second kappa shape index (κ2) is 5.84. The minimum Gasteiger partial charge on any atom is -0.425 e. The van der Waals surface area contributed by atoms with Gasteiger partial charge in [-0.05, 0) is 18.5 Å². The molecule has 0 aromatic rings. The normalized spacial score (nSPS) is 24.3. The van der Waals surface area contributed by atoms with E-state index in [-0.39, 0.29) is 0 Å². The Morgan fingerprint density at radius 2 is 1.69 bits per heavy atom. The Kier molecular flexibility index (Phi) is 5.29. The molecule has 1 aliphatic rings. The summed E-state index contributed by atoms with van der Waals surface area (Å²) in [4.78, 5) is 0. The van der Waals surface area contributed by atoms with Crippen LogP contribution in [0.4, 0.5) is 0 Å². The van der Waals surface area contributed by atoms with Crippen molar-refractivity contribution in [3.8, 4) is 0 Å². The number of hydrogen-bond acceptors (Lipinski definition) is 2. The quantitative estimate of drug-likeness (QED) is 0.552. The molecule has 0 amide bonds. The second-order valence-corrected chi connectivity index (χ2v) is 15.8. The summed E-state index contributed by atoms with van der Waals surface area (Å²) in [6.45, 7) is 13.0. The van der Waals surface area contributed by atoms with Crippen LogP contribution in [0, 0.1) is 0 Å². The van der Waals surface area contributed by atoms with E-state index in [1.807, 2.05) is 0 Å². The van der Waals surface area contributed by atoms with Crippen molar-refractivity contribution < 1.29 is 4.65 Å². The van der Waals surface area contributed by atoms with E-state index in [0.29, 0.717) is 0 Å². The Bertz CT molecular complexity index is 208. The van der Waals surface area contributed by atoms with Crippen molar-refractivity contribution in [3.05, 3.63) is 0 Å². The van der Waals surface area contributed by atoms with Crippen molar-refractivity contribution in [2.45, 2.75) is 64.5 Å². The lowest BCUT2D eigenvalue weighted by molar-refractivity contribution is 0.313. The molecule has 0 aromatic heterocycles. The molecule has 0 aliphatic carbocycles. The van der Waals surface area contributed by atoms with Gasteiger partial charge in [0.2, 0.25) is 0 Å². The van der Waals surface area contributed by atoms with Crippen LogP contribution in [0.1, 0.15) is 26.2 Å². The Morgan fingerprint density at radius 1 is 1.12 bits per heavy atom. The minimum atomic E-state index is -1.20. The van der Waals surface area contributed by atoms with Crippen molar-refractivity contribution in [2.75, 3.05) is 6.61 Å². The molecule has 1 saturated heterocycles. The fraction of sp³-hybridized carbons (Fsp3) is 1.00.